The van der Waals surface area contributed by atoms with Crippen molar-refractivity contribution >= 4 is 11.6 Å². The second-order valence-electron chi connectivity index (χ2n) is 2.59. The molecule has 70 valence electrons. The second kappa shape index (κ2) is 5.13. The van der Waals surface area contributed by atoms with Crippen LogP contribution in [0.2, 0.25) is 0 Å². The van der Waals surface area contributed by atoms with Crippen LogP contribution in [0, 0.1) is 0 Å². The van der Waals surface area contributed by atoms with Crippen molar-refractivity contribution in [3.8, 4) is 0 Å². The van der Waals surface area contributed by atoms with E-state index in [1.54, 1.807) is 6.20 Å². The van der Waals surface area contributed by atoms with Gasteiger partial charge < -0.3 is 11.1 Å². The first kappa shape index (κ1) is 9.51. The van der Waals surface area contributed by atoms with Crippen molar-refractivity contribution in [2.75, 3.05) is 17.6 Å². The number of hydrogen-bond donors (Lipinski definition) is 2. The van der Waals surface area contributed by atoms with Gasteiger partial charge in [0.2, 0.25) is 0 Å². The molecule has 1 aromatic rings. The Bertz CT molecular complexity index is 283. The lowest BCUT2D eigenvalue weighted by molar-refractivity contribution is 1.15. The van der Waals surface area contributed by atoms with Gasteiger partial charge in [0.25, 0.3) is 0 Å². The zero-order chi connectivity index (χ0) is 9.52. The smallest absolute Gasteiger partial charge is 0.147 e. The molecule has 1 rings (SSSR count). The highest BCUT2D eigenvalue weighted by Gasteiger charge is 1.91. The lowest BCUT2D eigenvalue weighted by Crippen LogP contribution is -2.02. The summed E-state index contributed by atoms with van der Waals surface area (Å²) in [4.78, 5) is 7.95. The monoisotopic (exact) mass is 178 g/mol. The summed E-state index contributed by atoms with van der Waals surface area (Å²) >= 11 is 0. The molecule has 0 aliphatic heterocycles. The highest BCUT2D eigenvalue weighted by Crippen LogP contribution is 2.01. The van der Waals surface area contributed by atoms with Crippen molar-refractivity contribution in [1.29, 1.82) is 0 Å². The Morgan fingerprint density at radius 2 is 2.31 bits per heavy atom. The molecule has 0 bridgehead atoms. The average molecular weight is 178 g/mol. The summed E-state index contributed by atoms with van der Waals surface area (Å²) in [6, 6.07) is 0. The molecule has 4 heteroatoms. The summed E-state index contributed by atoms with van der Waals surface area (Å²) in [5.41, 5.74) is 5.46. The van der Waals surface area contributed by atoms with E-state index in [1.165, 1.54) is 6.20 Å². The van der Waals surface area contributed by atoms with Crippen LogP contribution in [0.25, 0.3) is 0 Å². The third kappa shape index (κ3) is 3.55. The molecule has 1 heterocycles. The topological polar surface area (TPSA) is 63.8 Å². The van der Waals surface area contributed by atoms with Crippen LogP contribution < -0.4 is 11.1 Å². The van der Waals surface area contributed by atoms with Gasteiger partial charge >= 0.3 is 0 Å². The van der Waals surface area contributed by atoms with Crippen LogP contribution in [0.3, 0.4) is 0 Å². The summed E-state index contributed by atoms with van der Waals surface area (Å²) in [6.45, 7) is 2.85. The highest BCUT2D eigenvalue weighted by atomic mass is 15.0. The van der Waals surface area contributed by atoms with Crippen molar-refractivity contribution in [3.63, 3.8) is 0 Å². The molecule has 13 heavy (non-hydrogen) atoms. The van der Waals surface area contributed by atoms with Crippen molar-refractivity contribution in [2.24, 2.45) is 0 Å². The van der Waals surface area contributed by atoms with Crippen molar-refractivity contribution in [1.82, 2.24) is 9.97 Å². The van der Waals surface area contributed by atoms with Crippen LogP contribution in [0.5, 0.6) is 0 Å². The fourth-order valence-corrected chi connectivity index (χ4v) is 0.880. The van der Waals surface area contributed by atoms with E-state index < -0.39 is 0 Å². The summed E-state index contributed by atoms with van der Waals surface area (Å²) < 4.78 is 0. The fourth-order valence-electron chi connectivity index (χ4n) is 0.880. The zero-order valence-corrected chi connectivity index (χ0v) is 7.70. The molecule has 0 aromatic carbocycles. The number of rotatable bonds is 4. The minimum atomic E-state index is 0.435. The molecule has 4 nitrogen and oxygen atoms in total. The quantitative estimate of drug-likeness (QED) is 0.685. The Morgan fingerprint density at radius 3 is 3.00 bits per heavy atom. The number of aromatic nitrogens is 2. The van der Waals surface area contributed by atoms with Crippen molar-refractivity contribution in [3.05, 3.63) is 24.5 Å². The van der Waals surface area contributed by atoms with Gasteiger partial charge in [-0.15, -0.1) is 0 Å². The number of nitrogens with zero attached hydrogens (tertiary/aromatic N) is 2. The van der Waals surface area contributed by atoms with Gasteiger partial charge in [-0.2, -0.15) is 0 Å². The van der Waals surface area contributed by atoms with E-state index in [-0.39, 0.29) is 0 Å². The lowest BCUT2D eigenvalue weighted by Gasteiger charge is -2.01. The number of nitrogens with one attached hydrogen (secondary N) is 1. The predicted molar refractivity (Wildman–Crippen MR) is 54.4 cm³/mol. The normalized spacial score (nSPS) is 10.5. The Hall–Kier alpha value is -1.58. The number of nitrogen functional groups attached to an aromatic ring is 1. The molecule has 3 N–H and O–H groups in total. The van der Waals surface area contributed by atoms with Gasteiger partial charge in [0.15, 0.2) is 0 Å². The molecule has 0 amide bonds. The van der Waals surface area contributed by atoms with Gasteiger partial charge in [0.05, 0.1) is 12.4 Å². The maximum absolute atomic E-state index is 5.46. The van der Waals surface area contributed by atoms with Crippen LogP contribution in [-0.4, -0.2) is 16.5 Å². The van der Waals surface area contributed by atoms with Crippen LogP contribution in [0.15, 0.2) is 24.5 Å². The van der Waals surface area contributed by atoms with Crippen molar-refractivity contribution in [2.45, 2.75) is 13.3 Å². The maximum Gasteiger partial charge on any atom is 0.147 e. The SMILES string of the molecule is CC/C=C/CNc1cncc(N)n1. The van der Waals surface area contributed by atoms with Crippen LogP contribution in [-0.2, 0) is 0 Å². The van der Waals surface area contributed by atoms with E-state index in [0.717, 1.165) is 13.0 Å². The van der Waals surface area contributed by atoms with E-state index in [1.807, 2.05) is 6.08 Å². The van der Waals surface area contributed by atoms with Gasteiger partial charge in [-0.25, -0.2) is 4.98 Å². The first-order valence-electron chi connectivity index (χ1n) is 4.29. The Balaban J connectivity index is 2.41. The summed E-state index contributed by atoms with van der Waals surface area (Å²) in [6.07, 6.45) is 8.35. The first-order valence-corrected chi connectivity index (χ1v) is 4.29. The maximum atomic E-state index is 5.46. The molecule has 0 saturated carbocycles. The Labute approximate surface area is 77.9 Å². The van der Waals surface area contributed by atoms with Crippen LogP contribution >= 0.6 is 0 Å². The van der Waals surface area contributed by atoms with Gasteiger partial charge in [0.1, 0.15) is 11.6 Å². The zero-order valence-electron chi connectivity index (χ0n) is 7.70. The fraction of sp³-hybridized carbons (Fsp3) is 0.333. The van der Waals surface area contributed by atoms with Crippen LogP contribution in [0.1, 0.15) is 13.3 Å². The van der Waals surface area contributed by atoms with Gasteiger partial charge in [0, 0.05) is 6.54 Å². The van der Waals surface area contributed by atoms with Gasteiger partial charge in [-0.3, -0.25) is 4.98 Å². The van der Waals surface area contributed by atoms with Gasteiger partial charge in [-0.1, -0.05) is 19.1 Å². The summed E-state index contributed by atoms with van der Waals surface area (Å²) in [5, 5.41) is 3.08. The third-order valence-corrected chi connectivity index (χ3v) is 1.46. The second-order valence-corrected chi connectivity index (χ2v) is 2.59. The molecular weight excluding hydrogens is 164 g/mol. The molecular formula is C9H14N4. The molecule has 0 aliphatic carbocycles. The highest BCUT2D eigenvalue weighted by molar-refractivity contribution is 5.38. The van der Waals surface area contributed by atoms with E-state index in [4.69, 9.17) is 5.73 Å². The minimum Gasteiger partial charge on any atom is -0.382 e. The lowest BCUT2D eigenvalue weighted by atomic mass is 10.4. The Kier molecular flexibility index (Phi) is 3.75. The van der Waals surface area contributed by atoms with Crippen LogP contribution in [0.4, 0.5) is 11.6 Å². The van der Waals surface area contributed by atoms with E-state index in [9.17, 15) is 0 Å². The number of allylic oxidation sites excluding steroid dienone is 1. The number of nitrogens with two attached hydrogens (primary N) is 1. The molecule has 0 saturated heterocycles. The molecule has 1 aromatic heterocycles. The first-order chi connectivity index (χ1) is 6.33. The largest absolute Gasteiger partial charge is 0.382 e. The standard InChI is InChI=1S/C9H14N4/c1-2-3-4-5-12-9-7-11-6-8(10)13-9/h3-4,6-7H,2,5H2,1H3,(H3,10,12,13)/b4-3+. The summed E-state index contributed by atoms with van der Waals surface area (Å²) in [7, 11) is 0. The summed E-state index contributed by atoms with van der Waals surface area (Å²) in [5.74, 6) is 1.14. The molecule has 0 radical (unpaired) electrons. The molecule has 0 atom stereocenters. The molecule has 0 spiro atoms. The van der Waals surface area contributed by atoms with E-state index >= 15 is 0 Å². The minimum absolute atomic E-state index is 0.435. The predicted octanol–water partition coefficient (Wildman–Crippen LogP) is 1.44. The van der Waals surface area contributed by atoms with Crippen molar-refractivity contribution < 1.29 is 0 Å². The molecule has 0 aliphatic rings. The number of anilines is 2. The Morgan fingerprint density at radius 1 is 1.46 bits per heavy atom. The number of hydrogen-bond acceptors (Lipinski definition) is 4. The van der Waals surface area contributed by atoms with E-state index in [0.29, 0.717) is 11.6 Å². The third-order valence-electron chi connectivity index (χ3n) is 1.46. The average Bonchev–Trinajstić information content (AvgIpc) is 2.13. The van der Waals surface area contributed by atoms with Gasteiger partial charge in [-0.05, 0) is 6.42 Å². The molecule has 0 unspecified atom stereocenters. The molecule has 0 fully saturated rings. The van der Waals surface area contributed by atoms with E-state index in [2.05, 4.69) is 28.3 Å².